The van der Waals surface area contributed by atoms with E-state index in [-0.39, 0.29) is 0 Å². The fourth-order valence-corrected chi connectivity index (χ4v) is 1.42. The van der Waals surface area contributed by atoms with Crippen LogP contribution in [0, 0.1) is 5.92 Å². The summed E-state index contributed by atoms with van der Waals surface area (Å²) in [5.41, 5.74) is 0. The molecule has 1 aromatic rings. The van der Waals surface area contributed by atoms with Crippen LogP contribution < -0.4 is 10.2 Å². The Bertz CT molecular complexity index is 294. The maximum atomic E-state index is 5.17. The second-order valence-electron chi connectivity index (χ2n) is 4.19. The van der Waals surface area contributed by atoms with Gasteiger partial charge in [0.2, 0.25) is 5.89 Å². The predicted octanol–water partition coefficient (Wildman–Crippen LogP) is 1.66. The van der Waals surface area contributed by atoms with E-state index in [0.717, 1.165) is 19.6 Å². The van der Waals surface area contributed by atoms with E-state index in [1.165, 1.54) is 0 Å². The topological polar surface area (TPSA) is 54.2 Å². The lowest BCUT2D eigenvalue weighted by Crippen LogP contribution is -2.23. The standard InChI is InChI=1S/C11H22N4O/c1-5-15(6-2)11-13-10(16-14-11)8-12-7-9(3)4/h9,12H,5-8H2,1-4H3. The summed E-state index contributed by atoms with van der Waals surface area (Å²) in [4.78, 5) is 6.40. The van der Waals surface area contributed by atoms with Gasteiger partial charge in [0.1, 0.15) is 0 Å². The molecule has 0 fully saturated rings. The van der Waals surface area contributed by atoms with Gasteiger partial charge in [0.15, 0.2) is 0 Å². The first-order valence-electron chi connectivity index (χ1n) is 5.95. The van der Waals surface area contributed by atoms with E-state index in [2.05, 4.69) is 48.1 Å². The molecule has 0 aromatic carbocycles. The Balaban J connectivity index is 2.44. The molecule has 5 nitrogen and oxygen atoms in total. The molecule has 1 heterocycles. The second-order valence-corrected chi connectivity index (χ2v) is 4.19. The largest absolute Gasteiger partial charge is 0.339 e. The van der Waals surface area contributed by atoms with E-state index in [9.17, 15) is 0 Å². The molecule has 0 amide bonds. The molecule has 0 aliphatic carbocycles. The highest BCUT2D eigenvalue weighted by Gasteiger charge is 2.10. The van der Waals surface area contributed by atoms with Crippen molar-refractivity contribution in [1.82, 2.24) is 15.5 Å². The second kappa shape index (κ2) is 6.48. The Kier molecular flexibility index (Phi) is 5.25. The molecule has 0 aliphatic heterocycles. The van der Waals surface area contributed by atoms with Gasteiger partial charge in [-0.1, -0.05) is 13.8 Å². The summed E-state index contributed by atoms with van der Waals surface area (Å²) >= 11 is 0. The average Bonchev–Trinajstić information content (AvgIpc) is 2.68. The van der Waals surface area contributed by atoms with Crippen molar-refractivity contribution in [2.75, 3.05) is 24.5 Å². The Labute approximate surface area is 97.2 Å². The van der Waals surface area contributed by atoms with Crippen LogP contribution in [0.3, 0.4) is 0 Å². The minimum Gasteiger partial charge on any atom is -0.339 e. The molecular weight excluding hydrogens is 204 g/mol. The number of rotatable bonds is 7. The van der Waals surface area contributed by atoms with Crippen LogP contribution in [-0.4, -0.2) is 29.8 Å². The van der Waals surface area contributed by atoms with Crippen LogP contribution in [0.15, 0.2) is 4.52 Å². The van der Waals surface area contributed by atoms with E-state index >= 15 is 0 Å². The third-order valence-corrected chi connectivity index (χ3v) is 2.33. The first-order valence-corrected chi connectivity index (χ1v) is 5.95. The number of nitrogens with one attached hydrogen (secondary N) is 1. The summed E-state index contributed by atoms with van der Waals surface area (Å²) in [5, 5.41) is 7.23. The molecule has 1 aromatic heterocycles. The average molecular weight is 226 g/mol. The number of aromatic nitrogens is 2. The van der Waals surface area contributed by atoms with Gasteiger partial charge in [-0.15, -0.1) is 0 Å². The van der Waals surface area contributed by atoms with Gasteiger partial charge in [0, 0.05) is 13.1 Å². The fraction of sp³-hybridized carbons (Fsp3) is 0.818. The van der Waals surface area contributed by atoms with Crippen molar-refractivity contribution >= 4 is 5.95 Å². The quantitative estimate of drug-likeness (QED) is 0.766. The highest BCUT2D eigenvalue weighted by Crippen LogP contribution is 2.08. The summed E-state index contributed by atoms with van der Waals surface area (Å²) in [7, 11) is 0. The lowest BCUT2D eigenvalue weighted by Gasteiger charge is -2.14. The first kappa shape index (κ1) is 13.0. The molecule has 0 bridgehead atoms. The molecule has 92 valence electrons. The Morgan fingerprint density at radius 1 is 1.31 bits per heavy atom. The van der Waals surface area contributed by atoms with Gasteiger partial charge in [-0.05, 0) is 31.5 Å². The van der Waals surface area contributed by atoms with Crippen molar-refractivity contribution in [2.24, 2.45) is 5.92 Å². The zero-order valence-electron chi connectivity index (χ0n) is 10.7. The van der Waals surface area contributed by atoms with Crippen molar-refractivity contribution in [2.45, 2.75) is 34.2 Å². The highest BCUT2D eigenvalue weighted by atomic mass is 16.5. The summed E-state index contributed by atoms with van der Waals surface area (Å²) in [5.74, 6) is 1.97. The van der Waals surface area contributed by atoms with Crippen LogP contribution in [-0.2, 0) is 6.54 Å². The summed E-state index contributed by atoms with van der Waals surface area (Å²) < 4.78 is 5.17. The summed E-state index contributed by atoms with van der Waals surface area (Å²) in [6.45, 7) is 11.9. The summed E-state index contributed by atoms with van der Waals surface area (Å²) in [6, 6.07) is 0. The molecule has 0 unspecified atom stereocenters. The van der Waals surface area contributed by atoms with Gasteiger partial charge >= 0.3 is 0 Å². The molecule has 5 heteroatoms. The summed E-state index contributed by atoms with van der Waals surface area (Å²) in [6.07, 6.45) is 0. The maximum Gasteiger partial charge on any atom is 0.266 e. The van der Waals surface area contributed by atoms with E-state index in [0.29, 0.717) is 24.3 Å². The maximum absolute atomic E-state index is 5.17. The van der Waals surface area contributed by atoms with E-state index < -0.39 is 0 Å². The fourth-order valence-electron chi connectivity index (χ4n) is 1.42. The monoisotopic (exact) mass is 226 g/mol. The number of anilines is 1. The number of nitrogens with zero attached hydrogens (tertiary/aromatic N) is 3. The SMILES string of the molecule is CCN(CC)c1noc(CNCC(C)C)n1. The lowest BCUT2D eigenvalue weighted by molar-refractivity contribution is 0.363. The van der Waals surface area contributed by atoms with E-state index in [1.807, 2.05) is 0 Å². The molecule has 16 heavy (non-hydrogen) atoms. The van der Waals surface area contributed by atoms with Crippen molar-refractivity contribution in [3.63, 3.8) is 0 Å². The molecule has 0 spiro atoms. The molecule has 0 atom stereocenters. The van der Waals surface area contributed by atoms with Gasteiger partial charge < -0.3 is 14.7 Å². The third-order valence-electron chi connectivity index (χ3n) is 2.33. The smallest absolute Gasteiger partial charge is 0.266 e. The van der Waals surface area contributed by atoms with Crippen molar-refractivity contribution in [1.29, 1.82) is 0 Å². The first-order chi connectivity index (χ1) is 7.67. The van der Waals surface area contributed by atoms with Crippen molar-refractivity contribution < 1.29 is 4.52 Å². The highest BCUT2D eigenvalue weighted by molar-refractivity contribution is 5.26. The molecule has 1 rings (SSSR count). The van der Waals surface area contributed by atoms with Crippen LogP contribution in [0.4, 0.5) is 5.95 Å². The van der Waals surface area contributed by atoms with Crippen LogP contribution in [0.2, 0.25) is 0 Å². The minimum atomic E-state index is 0.630. The molecule has 0 aliphatic rings. The Hall–Kier alpha value is -1.10. The number of hydrogen-bond acceptors (Lipinski definition) is 5. The van der Waals surface area contributed by atoms with Crippen molar-refractivity contribution in [3.05, 3.63) is 5.89 Å². The number of hydrogen-bond donors (Lipinski definition) is 1. The zero-order chi connectivity index (χ0) is 12.0. The van der Waals surface area contributed by atoms with Crippen LogP contribution >= 0.6 is 0 Å². The van der Waals surface area contributed by atoms with Gasteiger partial charge in [-0.2, -0.15) is 4.98 Å². The zero-order valence-corrected chi connectivity index (χ0v) is 10.7. The lowest BCUT2D eigenvalue weighted by atomic mass is 10.2. The normalized spacial score (nSPS) is 11.1. The van der Waals surface area contributed by atoms with Gasteiger partial charge in [0.05, 0.1) is 6.54 Å². The molecular formula is C11H22N4O. The van der Waals surface area contributed by atoms with Crippen LogP contribution in [0.5, 0.6) is 0 Å². The van der Waals surface area contributed by atoms with Gasteiger partial charge in [0.25, 0.3) is 5.95 Å². The predicted molar refractivity (Wildman–Crippen MR) is 64.4 cm³/mol. The Morgan fingerprint density at radius 3 is 2.56 bits per heavy atom. The van der Waals surface area contributed by atoms with Gasteiger partial charge in [-0.25, -0.2) is 0 Å². The van der Waals surface area contributed by atoms with E-state index in [1.54, 1.807) is 0 Å². The van der Waals surface area contributed by atoms with Crippen molar-refractivity contribution in [3.8, 4) is 0 Å². The molecule has 0 radical (unpaired) electrons. The Morgan fingerprint density at radius 2 is 2.00 bits per heavy atom. The van der Waals surface area contributed by atoms with Gasteiger partial charge in [-0.3, -0.25) is 0 Å². The van der Waals surface area contributed by atoms with Crippen LogP contribution in [0.25, 0.3) is 0 Å². The molecule has 0 saturated heterocycles. The van der Waals surface area contributed by atoms with Crippen LogP contribution in [0.1, 0.15) is 33.6 Å². The van der Waals surface area contributed by atoms with E-state index in [4.69, 9.17) is 4.52 Å². The molecule has 1 N–H and O–H groups in total. The molecule has 0 saturated carbocycles. The minimum absolute atomic E-state index is 0.630. The third kappa shape index (κ3) is 3.81.